The van der Waals surface area contributed by atoms with Gasteiger partial charge in [-0.2, -0.15) is 0 Å². The molecule has 2 aromatic carbocycles. The number of nitrogens with zero attached hydrogens (tertiary/aromatic N) is 1. The van der Waals surface area contributed by atoms with Gasteiger partial charge < -0.3 is 19.4 Å². The molecular formula is C24H25FN2O6S. The molecule has 0 radical (unpaired) electrons. The molecule has 0 unspecified atom stereocenters. The van der Waals surface area contributed by atoms with Crippen molar-refractivity contribution < 1.29 is 27.1 Å². The molecule has 0 bridgehead atoms. The normalized spacial score (nSPS) is 11.2. The molecule has 0 aliphatic heterocycles. The molecule has 10 heteroatoms. The maximum absolute atomic E-state index is 13.4. The van der Waals surface area contributed by atoms with Crippen molar-refractivity contribution in [3.63, 3.8) is 0 Å². The van der Waals surface area contributed by atoms with Crippen molar-refractivity contribution in [2.24, 2.45) is 0 Å². The maximum Gasteiger partial charge on any atom is 0.270 e. The molecule has 1 N–H and O–H groups in total. The third-order valence-corrected chi connectivity index (χ3v) is 7.20. The SMILES string of the molecule is COc1ccc(S(=O)(=O)c2c(C)cc(C)n(CC(=O)NCc3ccc(F)cc3)c2=O)cc1OC. The van der Waals surface area contributed by atoms with Crippen LogP contribution in [0.3, 0.4) is 0 Å². The standard InChI is InChI=1S/C24H25FN2O6S/c1-15-11-16(2)27(14-22(28)26-13-17-5-7-18(25)8-6-17)24(29)23(15)34(30,31)19-9-10-20(32-3)21(12-19)33-4/h5-12H,13-14H2,1-4H3,(H,26,28). The minimum Gasteiger partial charge on any atom is -0.493 e. The number of aromatic nitrogens is 1. The van der Waals surface area contributed by atoms with Crippen LogP contribution in [0.2, 0.25) is 0 Å². The van der Waals surface area contributed by atoms with Crippen LogP contribution >= 0.6 is 0 Å². The Labute approximate surface area is 196 Å². The van der Waals surface area contributed by atoms with Crippen LogP contribution in [0, 0.1) is 19.7 Å². The Hall–Kier alpha value is -3.66. The summed E-state index contributed by atoms with van der Waals surface area (Å²) in [6.45, 7) is 2.91. The summed E-state index contributed by atoms with van der Waals surface area (Å²) < 4.78 is 51.3. The fourth-order valence-corrected chi connectivity index (χ4v) is 5.10. The van der Waals surface area contributed by atoms with Gasteiger partial charge >= 0.3 is 0 Å². The number of benzene rings is 2. The van der Waals surface area contributed by atoms with Gasteiger partial charge in [-0.1, -0.05) is 12.1 Å². The highest BCUT2D eigenvalue weighted by atomic mass is 32.2. The van der Waals surface area contributed by atoms with Crippen molar-refractivity contribution in [2.45, 2.75) is 36.7 Å². The quantitative estimate of drug-likeness (QED) is 0.523. The third-order valence-electron chi connectivity index (χ3n) is 5.29. The summed E-state index contributed by atoms with van der Waals surface area (Å²) in [6, 6.07) is 11.2. The summed E-state index contributed by atoms with van der Waals surface area (Å²) >= 11 is 0. The highest BCUT2D eigenvalue weighted by molar-refractivity contribution is 7.91. The van der Waals surface area contributed by atoms with Crippen LogP contribution in [0.1, 0.15) is 16.8 Å². The van der Waals surface area contributed by atoms with Gasteiger partial charge in [0.15, 0.2) is 11.5 Å². The largest absolute Gasteiger partial charge is 0.493 e. The van der Waals surface area contributed by atoms with E-state index in [0.29, 0.717) is 17.0 Å². The van der Waals surface area contributed by atoms with Crippen LogP contribution in [0.4, 0.5) is 4.39 Å². The van der Waals surface area contributed by atoms with Crippen LogP contribution in [0.25, 0.3) is 0 Å². The molecule has 180 valence electrons. The Balaban J connectivity index is 1.94. The van der Waals surface area contributed by atoms with Crippen molar-refractivity contribution in [1.82, 2.24) is 9.88 Å². The number of carbonyl (C=O) groups excluding carboxylic acids is 1. The summed E-state index contributed by atoms with van der Waals surface area (Å²) in [5, 5.41) is 2.65. The van der Waals surface area contributed by atoms with Crippen molar-refractivity contribution in [1.29, 1.82) is 0 Å². The van der Waals surface area contributed by atoms with Gasteiger partial charge in [0.2, 0.25) is 15.7 Å². The Bertz CT molecular complexity index is 1380. The number of pyridine rings is 1. The van der Waals surface area contributed by atoms with E-state index in [-0.39, 0.29) is 35.1 Å². The first-order chi connectivity index (χ1) is 16.1. The van der Waals surface area contributed by atoms with Crippen LogP contribution in [0.5, 0.6) is 11.5 Å². The van der Waals surface area contributed by atoms with Crippen LogP contribution in [-0.2, 0) is 27.7 Å². The topological polar surface area (TPSA) is 104 Å². The minimum atomic E-state index is -4.23. The highest BCUT2D eigenvalue weighted by Gasteiger charge is 2.27. The Morgan fingerprint density at radius 3 is 2.26 bits per heavy atom. The number of carbonyl (C=O) groups is 1. The van der Waals surface area contributed by atoms with E-state index >= 15 is 0 Å². The number of aryl methyl sites for hydroxylation is 2. The van der Waals surface area contributed by atoms with Gasteiger partial charge in [0.05, 0.1) is 19.1 Å². The van der Waals surface area contributed by atoms with Gasteiger partial charge in [-0.15, -0.1) is 0 Å². The number of hydrogen-bond acceptors (Lipinski definition) is 6. The Morgan fingerprint density at radius 1 is 1.00 bits per heavy atom. The molecule has 3 aromatic rings. The Morgan fingerprint density at radius 2 is 1.65 bits per heavy atom. The van der Waals surface area contributed by atoms with Crippen LogP contribution in [-0.4, -0.2) is 33.1 Å². The first-order valence-corrected chi connectivity index (χ1v) is 11.8. The summed E-state index contributed by atoms with van der Waals surface area (Å²) in [5.41, 5.74) is 0.578. The fourth-order valence-electron chi connectivity index (χ4n) is 3.54. The molecule has 34 heavy (non-hydrogen) atoms. The lowest BCUT2D eigenvalue weighted by molar-refractivity contribution is -0.121. The smallest absolute Gasteiger partial charge is 0.270 e. The van der Waals surface area contributed by atoms with E-state index in [1.54, 1.807) is 13.0 Å². The van der Waals surface area contributed by atoms with Crippen molar-refractivity contribution in [3.8, 4) is 11.5 Å². The van der Waals surface area contributed by atoms with Gasteiger partial charge in [-0.3, -0.25) is 9.59 Å². The first-order valence-electron chi connectivity index (χ1n) is 10.3. The van der Waals surface area contributed by atoms with E-state index in [4.69, 9.17) is 9.47 Å². The van der Waals surface area contributed by atoms with E-state index in [0.717, 1.165) is 4.57 Å². The lowest BCUT2D eigenvalue weighted by Crippen LogP contribution is -2.35. The number of nitrogens with one attached hydrogen (secondary N) is 1. The number of amides is 1. The van der Waals surface area contributed by atoms with E-state index in [1.165, 1.54) is 63.6 Å². The van der Waals surface area contributed by atoms with E-state index < -0.39 is 26.2 Å². The van der Waals surface area contributed by atoms with Gasteiger partial charge in [0.1, 0.15) is 17.3 Å². The molecule has 0 atom stereocenters. The number of rotatable bonds is 8. The second kappa shape index (κ2) is 10.1. The first kappa shape index (κ1) is 25.0. The number of hydrogen-bond donors (Lipinski definition) is 1. The number of ether oxygens (including phenoxy) is 2. The summed E-state index contributed by atoms with van der Waals surface area (Å²) in [5.74, 6) is -0.334. The molecule has 1 aromatic heterocycles. The van der Waals surface area contributed by atoms with Crippen molar-refractivity contribution >= 4 is 15.7 Å². The lowest BCUT2D eigenvalue weighted by Gasteiger charge is -2.16. The molecular weight excluding hydrogens is 463 g/mol. The molecule has 0 aliphatic carbocycles. The second-order valence-electron chi connectivity index (χ2n) is 7.61. The molecule has 0 fully saturated rings. The monoisotopic (exact) mass is 488 g/mol. The zero-order valence-corrected chi connectivity index (χ0v) is 20.0. The lowest BCUT2D eigenvalue weighted by atomic mass is 10.2. The Kier molecular flexibility index (Phi) is 7.41. The number of sulfone groups is 1. The van der Waals surface area contributed by atoms with Crippen LogP contribution < -0.4 is 20.3 Å². The second-order valence-corrected chi connectivity index (χ2v) is 9.50. The molecule has 0 saturated carbocycles. The van der Waals surface area contributed by atoms with E-state index in [1.807, 2.05) is 0 Å². The zero-order chi connectivity index (χ0) is 25.0. The van der Waals surface area contributed by atoms with Gasteiger partial charge in [-0.05, 0) is 55.3 Å². The average molecular weight is 489 g/mol. The highest BCUT2D eigenvalue weighted by Crippen LogP contribution is 2.32. The molecule has 0 spiro atoms. The van der Waals surface area contributed by atoms with Crippen molar-refractivity contribution in [2.75, 3.05) is 14.2 Å². The maximum atomic E-state index is 13.4. The number of methoxy groups -OCH3 is 2. The summed E-state index contributed by atoms with van der Waals surface area (Å²) in [6.07, 6.45) is 0. The van der Waals surface area contributed by atoms with Gasteiger partial charge in [0.25, 0.3) is 5.56 Å². The molecule has 1 amide bonds. The predicted molar refractivity (Wildman–Crippen MR) is 123 cm³/mol. The minimum absolute atomic E-state index is 0.134. The zero-order valence-electron chi connectivity index (χ0n) is 19.2. The van der Waals surface area contributed by atoms with E-state index in [9.17, 15) is 22.4 Å². The van der Waals surface area contributed by atoms with Gasteiger partial charge in [0, 0.05) is 18.3 Å². The molecule has 1 heterocycles. The fraction of sp³-hybridized carbons (Fsp3) is 0.250. The average Bonchev–Trinajstić information content (AvgIpc) is 2.80. The third kappa shape index (κ3) is 5.12. The molecule has 0 saturated heterocycles. The van der Waals surface area contributed by atoms with Gasteiger partial charge in [-0.25, -0.2) is 12.8 Å². The number of halogens is 1. The molecule has 8 nitrogen and oxygen atoms in total. The van der Waals surface area contributed by atoms with Crippen LogP contribution in [0.15, 0.2) is 63.1 Å². The van der Waals surface area contributed by atoms with Crippen molar-refractivity contribution in [3.05, 3.63) is 81.5 Å². The summed E-state index contributed by atoms with van der Waals surface area (Å²) in [4.78, 5) is 25.2. The predicted octanol–water partition coefficient (Wildman–Crippen LogP) is 2.77. The van der Waals surface area contributed by atoms with E-state index in [2.05, 4.69) is 5.32 Å². The summed E-state index contributed by atoms with van der Waals surface area (Å²) in [7, 11) is -1.42. The molecule has 3 rings (SSSR count). The molecule has 0 aliphatic rings.